The third-order valence-electron chi connectivity index (χ3n) is 1.14. The average molecular weight is 258 g/mol. The number of nitrogens with zero attached hydrogens (tertiary/aromatic N) is 1. The number of rotatable bonds is 4. The molecule has 13 heavy (non-hydrogen) atoms. The van der Waals surface area contributed by atoms with Crippen LogP contribution in [0.5, 0.6) is 0 Å². The molecule has 3 nitrogen and oxygen atoms in total. The molecule has 0 aliphatic rings. The fourth-order valence-corrected chi connectivity index (χ4v) is 5.65. The summed E-state index contributed by atoms with van der Waals surface area (Å²) in [6.07, 6.45) is 0. The van der Waals surface area contributed by atoms with E-state index in [9.17, 15) is 0 Å². The van der Waals surface area contributed by atoms with Crippen molar-refractivity contribution in [3.05, 3.63) is 0 Å². The molecule has 0 saturated heterocycles. The first-order valence-corrected chi connectivity index (χ1v) is 8.34. The lowest BCUT2D eigenvalue weighted by atomic mass is 10.9. The van der Waals surface area contributed by atoms with Crippen molar-refractivity contribution in [3.63, 3.8) is 0 Å². The predicted octanol–water partition coefficient (Wildman–Crippen LogP) is 2.05. The maximum atomic E-state index is 5.46. The van der Waals surface area contributed by atoms with Gasteiger partial charge in [-0.25, -0.2) is 0 Å². The van der Waals surface area contributed by atoms with Gasteiger partial charge in [0.1, 0.15) is 4.32 Å². The Morgan fingerprint density at radius 2 is 2.15 bits per heavy atom. The summed E-state index contributed by atoms with van der Waals surface area (Å²) in [6, 6.07) is 0. The van der Waals surface area contributed by atoms with Crippen molar-refractivity contribution in [1.82, 2.24) is 9.99 Å². The molecule has 0 aromatic carbocycles. The number of thiocarbonyl (C=S) groups is 1. The standard InChI is InChI=1S/C6H15N2OPS3/c1-5-9-10(12,7-2)13-6(11)8(3)4/h5H2,1-4H3,(H,7,12). The molecule has 1 unspecified atom stereocenters. The zero-order chi connectivity index (χ0) is 10.5. The molecular weight excluding hydrogens is 243 g/mol. The molecule has 0 aromatic rings. The van der Waals surface area contributed by atoms with Gasteiger partial charge in [0.15, 0.2) is 5.62 Å². The lowest BCUT2D eigenvalue weighted by Crippen LogP contribution is -2.17. The molecule has 0 aliphatic carbocycles. The van der Waals surface area contributed by atoms with E-state index < -0.39 is 5.62 Å². The molecule has 0 aromatic heterocycles. The van der Waals surface area contributed by atoms with Crippen LogP contribution in [0.25, 0.3) is 0 Å². The van der Waals surface area contributed by atoms with Crippen LogP contribution < -0.4 is 5.09 Å². The molecule has 7 heteroatoms. The average Bonchev–Trinajstić information content (AvgIpc) is 2.04. The second-order valence-corrected chi connectivity index (χ2v) is 9.63. The van der Waals surface area contributed by atoms with Gasteiger partial charge >= 0.3 is 0 Å². The van der Waals surface area contributed by atoms with E-state index in [2.05, 4.69) is 5.09 Å². The van der Waals surface area contributed by atoms with Gasteiger partial charge in [0.25, 0.3) is 0 Å². The number of nitrogens with one attached hydrogen (secondary N) is 1. The fourth-order valence-electron chi connectivity index (χ4n) is 0.491. The summed E-state index contributed by atoms with van der Waals surface area (Å²) >= 11 is 11.9. The Morgan fingerprint density at radius 3 is 2.46 bits per heavy atom. The molecule has 0 fully saturated rings. The largest absolute Gasteiger partial charge is 0.363 e. The topological polar surface area (TPSA) is 24.5 Å². The molecule has 0 rings (SSSR count). The zero-order valence-corrected chi connectivity index (χ0v) is 11.6. The summed E-state index contributed by atoms with van der Waals surface area (Å²) in [5, 5.41) is 3.02. The van der Waals surface area contributed by atoms with E-state index in [0.717, 1.165) is 4.32 Å². The van der Waals surface area contributed by atoms with Crippen LogP contribution in [-0.4, -0.2) is 37.0 Å². The Kier molecular flexibility index (Phi) is 6.72. The van der Waals surface area contributed by atoms with Crippen LogP contribution in [0, 0.1) is 0 Å². The van der Waals surface area contributed by atoms with Crippen LogP contribution in [0.1, 0.15) is 6.92 Å². The van der Waals surface area contributed by atoms with E-state index in [-0.39, 0.29) is 0 Å². The fraction of sp³-hybridized carbons (Fsp3) is 0.833. The van der Waals surface area contributed by atoms with Crippen LogP contribution in [0.4, 0.5) is 0 Å². The van der Waals surface area contributed by atoms with Gasteiger partial charge in [-0.05, 0) is 37.2 Å². The minimum atomic E-state index is -1.99. The Morgan fingerprint density at radius 1 is 1.62 bits per heavy atom. The monoisotopic (exact) mass is 258 g/mol. The second kappa shape index (κ2) is 6.32. The Labute approximate surface area is 94.5 Å². The molecule has 0 saturated carbocycles. The molecule has 78 valence electrons. The lowest BCUT2D eigenvalue weighted by Gasteiger charge is -2.22. The van der Waals surface area contributed by atoms with E-state index in [1.54, 1.807) is 0 Å². The van der Waals surface area contributed by atoms with Crippen molar-refractivity contribution >= 4 is 45.3 Å². The van der Waals surface area contributed by atoms with Gasteiger partial charge in [-0.15, -0.1) is 0 Å². The highest BCUT2D eigenvalue weighted by atomic mass is 32.9. The molecule has 0 spiro atoms. The Hall–Kier alpha value is 0.810. The molecule has 1 N–H and O–H groups in total. The zero-order valence-electron chi connectivity index (χ0n) is 8.23. The molecule has 0 aliphatic heterocycles. The summed E-state index contributed by atoms with van der Waals surface area (Å²) in [4.78, 5) is 1.86. The summed E-state index contributed by atoms with van der Waals surface area (Å²) in [6.45, 7) is 2.54. The smallest absolute Gasteiger partial charge is 0.192 e. The summed E-state index contributed by atoms with van der Waals surface area (Å²) in [5.74, 6) is 0. The highest BCUT2D eigenvalue weighted by Gasteiger charge is 2.19. The van der Waals surface area contributed by atoms with Crippen molar-refractivity contribution in [2.24, 2.45) is 0 Å². The maximum absolute atomic E-state index is 5.46. The van der Waals surface area contributed by atoms with Gasteiger partial charge in [0.2, 0.25) is 0 Å². The molecule has 1 atom stereocenters. The van der Waals surface area contributed by atoms with Crippen LogP contribution in [-0.2, 0) is 16.3 Å². The summed E-state index contributed by atoms with van der Waals surface area (Å²) < 4.78 is 6.22. The van der Waals surface area contributed by atoms with Gasteiger partial charge in [-0.3, -0.25) is 5.09 Å². The van der Waals surface area contributed by atoms with Gasteiger partial charge in [-0.1, -0.05) is 12.2 Å². The first-order valence-electron chi connectivity index (χ1n) is 3.79. The van der Waals surface area contributed by atoms with Crippen molar-refractivity contribution in [2.45, 2.75) is 6.92 Å². The van der Waals surface area contributed by atoms with E-state index in [1.165, 1.54) is 11.4 Å². The minimum absolute atomic E-state index is 0.612. The SMILES string of the molecule is CCOP(=S)(NC)SC(=S)N(C)C. The molecule has 0 bridgehead atoms. The molecular formula is C6H15N2OPS3. The second-order valence-electron chi connectivity index (χ2n) is 2.39. The van der Waals surface area contributed by atoms with Crippen molar-refractivity contribution in [2.75, 3.05) is 27.7 Å². The Bertz CT molecular complexity index is 222. The van der Waals surface area contributed by atoms with E-state index in [1.807, 2.05) is 33.0 Å². The van der Waals surface area contributed by atoms with Crippen LogP contribution in [0.2, 0.25) is 0 Å². The van der Waals surface area contributed by atoms with Crippen molar-refractivity contribution in [3.8, 4) is 0 Å². The summed E-state index contributed by atoms with van der Waals surface area (Å²) in [5.41, 5.74) is -1.99. The van der Waals surface area contributed by atoms with E-state index in [4.69, 9.17) is 28.5 Å². The van der Waals surface area contributed by atoms with Gasteiger partial charge in [0.05, 0.1) is 6.61 Å². The quantitative estimate of drug-likeness (QED) is 0.612. The van der Waals surface area contributed by atoms with Crippen LogP contribution in [0.15, 0.2) is 0 Å². The number of hydrogen-bond acceptors (Lipinski definition) is 4. The third kappa shape index (κ3) is 5.30. The van der Waals surface area contributed by atoms with E-state index >= 15 is 0 Å². The molecule has 0 heterocycles. The van der Waals surface area contributed by atoms with Crippen LogP contribution >= 0.6 is 29.2 Å². The van der Waals surface area contributed by atoms with Gasteiger partial charge in [-0.2, -0.15) is 0 Å². The van der Waals surface area contributed by atoms with Crippen molar-refractivity contribution in [1.29, 1.82) is 0 Å². The maximum Gasteiger partial charge on any atom is 0.192 e. The summed E-state index contributed by atoms with van der Waals surface area (Å²) in [7, 11) is 5.61. The lowest BCUT2D eigenvalue weighted by molar-refractivity contribution is 0.381. The highest BCUT2D eigenvalue weighted by molar-refractivity contribution is 8.75. The van der Waals surface area contributed by atoms with E-state index in [0.29, 0.717) is 6.61 Å². The first-order chi connectivity index (χ1) is 5.95. The van der Waals surface area contributed by atoms with Gasteiger partial charge < -0.3 is 9.42 Å². The molecule has 0 amide bonds. The normalized spacial score (nSPS) is 15.1. The first kappa shape index (κ1) is 13.8. The highest BCUT2D eigenvalue weighted by Crippen LogP contribution is 2.56. The van der Waals surface area contributed by atoms with Crippen molar-refractivity contribution < 1.29 is 4.52 Å². The number of hydrogen-bond donors (Lipinski definition) is 1. The van der Waals surface area contributed by atoms with Gasteiger partial charge in [0, 0.05) is 14.1 Å². The minimum Gasteiger partial charge on any atom is -0.363 e. The Balaban J connectivity index is 4.27. The molecule has 0 radical (unpaired) electrons. The van der Waals surface area contributed by atoms with Crippen LogP contribution in [0.3, 0.4) is 0 Å². The third-order valence-corrected chi connectivity index (χ3v) is 7.67. The predicted molar refractivity (Wildman–Crippen MR) is 68.8 cm³/mol.